The van der Waals surface area contributed by atoms with Gasteiger partial charge in [-0.3, -0.25) is 0 Å². The zero-order valence-corrected chi connectivity index (χ0v) is 13.0. The van der Waals surface area contributed by atoms with E-state index in [9.17, 15) is 0 Å². The highest BCUT2D eigenvalue weighted by molar-refractivity contribution is 7.16. The van der Waals surface area contributed by atoms with Gasteiger partial charge in [0.1, 0.15) is 17.0 Å². The normalized spacial score (nSPS) is 12.7. The smallest absolute Gasteiger partial charge is 0.138 e. The van der Waals surface area contributed by atoms with E-state index in [0.29, 0.717) is 6.04 Å². The van der Waals surface area contributed by atoms with Crippen LogP contribution in [0.1, 0.15) is 11.6 Å². The van der Waals surface area contributed by atoms with Gasteiger partial charge in [0.2, 0.25) is 0 Å². The van der Waals surface area contributed by atoms with Gasteiger partial charge in [0.15, 0.2) is 0 Å². The zero-order valence-electron chi connectivity index (χ0n) is 12.2. The van der Waals surface area contributed by atoms with Gasteiger partial charge in [0.25, 0.3) is 0 Å². The van der Waals surface area contributed by atoms with Crippen molar-refractivity contribution in [2.75, 3.05) is 26.0 Å². The van der Waals surface area contributed by atoms with Crippen molar-refractivity contribution in [3.63, 3.8) is 0 Å². The van der Waals surface area contributed by atoms with Gasteiger partial charge in [-0.25, -0.2) is 9.97 Å². The van der Waals surface area contributed by atoms with E-state index in [1.807, 2.05) is 11.4 Å². The van der Waals surface area contributed by atoms with Gasteiger partial charge in [-0.15, -0.1) is 11.3 Å². The molecule has 0 saturated carbocycles. The predicted octanol–water partition coefficient (Wildman–Crippen LogP) is 3.41. The SMILES string of the molecule is CN(C)[C@H](CNc1ncnc2sccc12)c1ccccc1. The number of fused-ring (bicyclic) bond motifs is 1. The second-order valence-corrected chi connectivity index (χ2v) is 6.03. The predicted molar refractivity (Wildman–Crippen MR) is 88.8 cm³/mol. The van der Waals surface area contributed by atoms with Gasteiger partial charge >= 0.3 is 0 Å². The average molecular weight is 298 g/mol. The highest BCUT2D eigenvalue weighted by Crippen LogP contribution is 2.25. The Morgan fingerprint density at radius 2 is 1.95 bits per heavy atom. The minimum absolute atomic E-state index is 0.301. The summed E-state index contributed by atoms with van der Waals surface area (Å²) in [6.45, 7) is 0.805. The molecule has 1 N–H and O–H groups in total. The van der Waals surface area contributed by atoms with Crippen LogP contribution in [0, 0.1) is 0 Å². The second kappa shape index (κ2) is 6.20. The zero-order chi connectivity index (χ0) is 14.7. The summed E-state index contributed by atoms with van der Waals surface area (Å²) >= 11 is 1.64. The van der Waals surface area contributed by atoms with Crippen molar-refractivity contribution in [3.05, 3.63) is 53.7 Å². The molecule has 2 heterocycles. The molecule has 108 valence electrons. The van der Waals surface area contributed by atoms with Crippen LogP contribution in [0.25, 0.3) is 10.2 Å². The Bertz CT molecular complexity index is 708. The maximum absolute atomic E-state index is 4.37. The molecule has 5 heteroatoms. The number of thiophene rings is 1. The first kappa shape index (κ1) is 14.0. The lowest BCUT2D eigenvalue weighted by atomic mass is 10.1. The Balaban J connectivity index is 1.80. The minimum atomic E-state index is 0.301. The summed E-state index contributed by atoms with van der Waals surface area (Å²) < 4.78 is 0. The Hall–Kier alpha value is -1.98. The fourth-order valence-electron chi connectivity index (χ4n) is 2.40. The molecule has 3 rings (SSSR count). The number of nitrogens with zero attached hydrogens (tertiary/aromatic N) is 3. The van der Waals surface area contributed by atoms with Crippen LogP contribution in [0.4, 0.5) is 5.82 Å². The average Bonchev–Trinajstić information content (AvgIpc) is 2.97. The van der Waals surface area contributed by atoms with Crippen LogP contribution >= 0.6 is 11.3 Å². The third kappa shape index (κ3) is 3.04. The van der Waals surface area contributed by atoms with Crippen LogP contribution in [0.15, 0.2) is 48.1 Å². The Morgan fingerprint density at radius 3 is 2.71 bits per heavy atom. The molecule has 3 aromatic rings. The van der Waals surface area contributed by atoms with Crippen molar-refractivity contribution >= 4 is 27.4 Å². The Morgan fingerprint density at radius 1 is 1.14 bits per heavy atom. The van der Waals surface area contributed by atoms with E-state index in [-0.39, 0.29) is 0 Å². The van der Waals surface area contributed by atoms with Gasteiger partial charge in [-0.05, 0) is 31.1 Å². The maximum atomic E-state index is 4.37. The van der Waals surface area contributed by atoms with Crippen LogP contribution in [-0.2, 0) is 0 Å². The molecule has 0 fully saturated rings. The molecule has 0 saturated heterocycles. The highest BCUT2D eigenvalue weighted by Gasteiger charge is 2.14. The van der Waals surface area contributed by atoms with Crippen molar-refractivity contribution in [2.45, 2.75) is 6.04 Å². The van der Waals surface area contributed by atoms with Crippen molar-refractivity contribution in [2.24, 2.45) is 0 Å². The maximum Gasteiger partial charge on any atom is 0.138 e. The molecule has 0 amide bonds. The van der Waals surface area contributed by atoms with Gasteiger partial charge < -0.3 is 10.2 Å². The lowest BCUT2D eigenvalue weighted by Crippen LogP contribution is -2.27. The Kier molecular flexibility index (Phi) is 4.13. The minimum Gasteiger partial charge on any atom is -0.368 e. The van der Waals surface area contributed by atoms with E-state index in [1.165, 1.54) is 5.56 Å². The summed E-state index contributed by atoms with van der Waals surface area (Å²) in [6.07, 6.45) is 1.62. The summed E-state index contributed by atoms with van der Waals surface area (Å²) in [7, 11) is 4.19. The Labute approximate surface area is 128 Å². The van der Waals surface area contributed by atoms with Crippen LogP contribution in [0.2, 0.25) is 0 Å². The van der Waals surface area contributed by atoms with Crippen LogP contribution in [0.5, 0.6) is 0 Å². The number of aromatic nitrogens is 2. The van der Waals surface area contributed by atoms with Crippen LogP contribution in [0.3, 0.4) is 0 Å². The van der Waals surface area contributed by atoms with Crippen molar-refractivity contribution in [3.8, 4) is 0 Å². The number of benzene rings is 1. The highest BCUT2D eigenvalue weighted by atomic mass is 32.1. The third-order valence-corrected chi connectivity index (χ3v) is 4.35. The van der Waals surface area contributed by atoms with E-state index in [4.69, 9.17) is 0 Å². The van der Waals surface area contributed by atoms with E-state index in [1.54, 1.807) is 17.7 Å². The summed E-state index contributed by atoms with van der Waals surface area (Å²) in [4.78, 5) is 11.9. The summed E-state index contributed by atoms with van der Waals surface area (Å²) in [6, 6.07) is 12.9. The number of anilines is 1. The third-order valence-electron chi connectivity index (χ3n) is 3.53. The number of rotatable bonds is 5. The van der Waals surface area contributed by atoms with Gasteiger partial charge in [-0.2, -0.15) is 0 Å². The van der Waals surface area contributed by atoms with E-state index < -0.39 is 0 Å². The molecule has 0 aliphatic heterocycles. The molecule has 0 aliphatic rings. The standard InChI is InChI=1S/C16H18N4S/c1-20(2)14(12-6-4-3-5-7-12)10-17-15-13-8-9-21-16(13)19-11-18-15/h3-9,11,14H,10H2,1-2H3,(H,17,18,19)/t14-/m1/s1. The fraction of sp³-hybridized carbons (Fsp3) is 0.250. The number of hydrogen-bond donors (Lipinski definition) is 1. The molecule has 0 aliphatic carbocycles. The first-order valence-electron chi connectivity index (χ1n) is 6.89. The molecule has 0 bridgehead atoms. The molecule has 0 spiro atoms. The summed E-state index contributed by atoms with van der Waals surface area (Å²) in [5.41, 5.74) is 1.30. The lowest BCUT2D eigenvalue weighted by Gasteiger charge is -2.25. The van der Waals surface area contributed by atoms with Crippen molar-refractivity contribution in [1.82, 2.24) is 14.9 Å². The van der Waals surface area contributed by atoms with Crippen LogP contribution in [-0.4, -0.2) is 35.5 Å². The molecule has 1 aromatic carbocycles. The molecule has 4 nitrogen and oxygen atoms in total. The summed E-state index contributed by atoms with van der Waals surface area (Å²) in [5, 5.41) is 6.61. The van der Waals surface area contributed by atoms with E-state index >= 15 is 0 Å². The molecule has 0 unspecified atom stereocenters. The van der Waals surface area contributed by atoms with Gasteiger partial charge in [0.05, 0.1) is 11.4 Å². The van der Waals surface area contributed by atoms with Gasteiger partial charge in [-0.1, -0.05) is 30.3 Å². The molecular weight excluding hydrogens is 280 g/mol. The quantitative estimate of drug-likeness (QED) is 0.784. The van der Waals surface area contributed by atoms with E-state index in [2.05, 4.69) is 64.6 Å². The summed E-state index contributed by atoms with van der Waals surface area (Å²) in [5.74, 6) is 0.907. The molecule has 1 atom stereocenters. The van der Waals surface area contributed by atoms with Crippen LogP contribution < -0.4 is 5.32 Å². The van der Waals surface area contributed by atoms with Gasteiger partial charge in [0, 0.05) is 6.54 Å². The largest absolute Gasteiger partial charge is 0.368 e. The van der Waals surface area contributed by atoms with Crippen molar-refractivity contribution < 1.29 is 0 Å². The fourth-order valence-corrected chi connectivity index (χ4v) is 3.13. The number of nitrogens with one attached hydrogen (secondary N) is 1. The molecule has 2 aromatic heterocycles. The number of likely N-dealkylation sites (N-methyl/N-ethyl adjacent to an activating group) is 1. The molecule has 0 radical (unpaired) electrons. The molecule has 21 heavy (non-hydrogen) atoms. The lowest BCUT2D eigenvalue weighted by molar-refractivity contribution is 0.311. The van der Waals surface area contributed by atoms with Crippen molar-refractivity contribution in [1.29, 1.82) is 0 Å². The molecular formula is C16H18N4S. The van der Waals surface area contributed by atoms with E-state index in [0.717, 1.165) is 22.6 Å². The first-order valence-corrected chi connectivity index (χ1v) is 7.77. The monoisotopic (exact) mass is 298 g/mol. The second-order valence-electron chi connectivity index (χ2n) is 5.13. The topological polar surface area (TPSA) is 41.0 Å². The first-order chi connectivity index (χ1) is 10.3. The number of hydrogen-bond acceptors (Lipinski definition) is 5.